The second-order valence-corrected chi connectivity index (χ2v) is 5.67. The van der Waals surface area contributed by atoms with Crippen LogP contribution in [0.1, 0.15) is 5.56 Å². The van der Waals surface area contributed by atoms with E-state index >= 15 is 0 Å². The van der Waals surface area contributed by atoms with Gasteiger partial charge in [-0.15, -0.1) is 0 Å². The van der Waals surface area contributed by atoms with Crippen molar-refractivity contribution < 1.29 is 10.2 Å². The number of rotatable bonds is 3. The number of benzene rings is 3. The minimum absolute atomic E-state index is 0.102. The molecule has 0 spiro atoms. The summed E-state index contributed by atoms with van der Waals surface area (Å²) >= 11 is 3.56. The highest BCUT2D eigenvalue weighted by Gasteiger charge is 2.05. The molecule has 0 aliphatic rings. The van der Waals surface area contributed by atoms with Gasteiger partial charge in [-0.1, -0.05) is 46.3 Å². The number of phenols is 2. The molecule has 0 aromatic heterocycles. The average Bonchev–Trinajstić information content (AvgIpc) is 2.50. The van der Waals surface area contributed by atoms with Gasteiger partial charge in [0.15, 0.2) is 11.5 Å². The van der Waals surface area contributed by atoms with Crippen LogP contribution < -0.4 is 5.32 Å². The van der Waals surface area contributed by atoms with Crippen LogP contribution in [0.4, 0.5) is 5.69 Å². The van der Waals surface area contributed by atoms with Crippen molar-refractivity contribution in [1.82, 2.24) is 0 Å². The molecule has 21 heavy (non-hydrogen) atoms. The predicted octanol–water partition coefficient (Wildman–Crippen LogP) is 4.63. The summed E-state index contributed by atoms with van der Waals surface area (Å²) in [5.74, 6) is -0.206. The van der Waals surface area contributed by atoms with Crippen LogP contribution in [0.25, 0.3) is 10.8 Å². The molecule has 0 aliphatic carbocycles. The van der Waals surface area contributed by atoms with Crippen LogP contribution in [0.3, 0.4) is 0 Å². The van der Waals surface area contributed by atoms with Crippen molar-refractivity contribution in [2.24, 2.45) is 0 Å². The number of nitrogens with one attached hydrogen (secondary N) is 1. The van der Waals surface area contributed by atoms with Crippen LogP contribution in [0.5, 0.6) is 11.5 Å². The van der Waals surface area contributed by atoms with Gasteiger partial charge in [0, 0.05) is 22.1 Å². The topological polar surface area (TPSA) is 52.5 Å². The lowest BCUT2D eigenvalue weighted by molar-refractivity contribution is 0.403. The molecule has 3 N–H and O–H groups in total. The normalized spacial score (nSPS) is 10.7. The number of phenolic OH excluding ortho intramolecular Hbond substituents is 2. The molecule has 0 atom stereocenters. The SMILES string of the molecule is Oc1ccc(CNc2ccc(Br)c3ccccc23)cc1O. The van der Waals surface area contributed by atoms with Gasteiger partial charge in [-0.3, -0.25) is 0 Å². The zero-order valence-corrected chi connectivity index (χ0v) is 12.8. The third-order valence-electron chi connectivity index (χ3n) is 3.39. The molecule has 3 aromatic carbocycles. The second kappa shape index (κ2) is 5.66. The monoisotopic (exact) mass is 343 g/mol. The van der Waals surface area contributed by atoms with Gasteiger partial charge >= 0.3 is 0 Å². The summed E-state index contributed by atoms with van der Waals surface area (Å²) in [6.07, 6.45) is 0. The summed E-state index contributed by atoms with van der Waals surface area (Å²) in [6, 6.07) is 17.0. The van der Waals surface area contributed by atoms with E-state index in [1.165, 1.54) is 6.07 Å². The Bertz CT molecular complexity index is 802. The number of halogens is 1. The Morgan fingerprint density at radius 2 is 1.62 bits per heavy atom. The van der Waals surface area contributed by atoms with Gasteiger partial charge in [0.25, 0.3) is 0 Å². The molecule has 0 saturated carbocycles. The highest BCUT2D eigenvalue weighted by Crippen LogP contribution is 2.31. The molecule has 0 bridgehead atoms. The van der Waals surface area contributed by atoms with Crippen LogP contribution in [0.2, 0.25) is 0 Å². The molecule has 3 rings (SSSR count). The van der Waals surface area contributed by atoms with E-state index in [-0.39, 0.29) is 11.5 Å². The van der Waals surface area contributed by atoms with Crippen molar-refractivity contribution in [2.45, 2.75) is 6.54 Å². The number of anilines is 1. The minimum atomic E-state index is -0.104. The molecule has 0 saturated heterocycles. The molecule has 0 aliphatic heterocycles. The summed E-state index contributed by atoms with van der Waals surface area (Å²) in [5, 5.41) is 24.5. The number of hydrogen-bond acceptors (Lipinski definition) is 3. The Balaban J connectivity index is 1.88. The first-order valence-electron chi connectivity index (χ1n) is 6.57. The molecular weight excluding hydrogens is 330 g/mol. The summed E-state index contributed by atoms with van der Waals surface area (Å²) in [5.41, 5.74) is 1.93. The highest BCUT2D eigenvalue weighted by molar-refractivity contribution is 9.10. The first-order valence-corrected chi connectivity index (χ1v) is 7.36. The zero-order chi connectivity index (χ0) is 14.8. The van der Waals surface area contributed by atoms with Crippen LogP contribution in [0, 0.1) is 0 Å². The molecular formula is C17H14BrNO2. The molecule has 0 amide bonds. The van der Waals surface area contributed by atoms with Gasteiger partial charge in [0.2, 0.25) is 0 Å². The van der Waals surface area contributed by atoms with Crippen molar-refractivity contribution in [2.75, 3.05) is 5.32 Å². The first kappa shape index (κ1) is 13.8. The van der Waals surface area contributed by atoms with Gasteiger partial charge < -0.3 is 15.5 Å². The second-order valence-electron chi connectivity index (χ2n) is 4.82. The van der Waals surface area contributed by atoms with E-state index in [1.54, 1.807) is 12.1 Å². The Morgan fingerprint density at radius 1 is 0.857 bits per heavy atom. The summed E-state index contributed by atoms with van der Waals surface area (Å²) in [4.78, 5) is 0. The summed E-state index contributed by atoms with van der Waals surface area (Å²) in [7, 11) is 0. The van der Waals surface area contributed by atoms with E-state index in [4.69, 9.17) is 0 Å². The van der Waals surface area contributed by atoms with Gasteiger partial charge in [-0.25, -0.2) is 0 Å². The van der Waals surface area contributed by atoms with Crippen LogP contribution in [-0.4, -0.2) is 10.2 Å². The molecule has 0 unspecified atom stereocenters. The maximum atomic E-state index is 9.52. The number of aromatic hydroxyl groups is 2. The maximum Gasteiger partial charge on any atom is 0.157 e. The van der Waals surface area contributed by atoms with Crippen molar-refractivity contribution >= 4 is 32.4 Å². The van der Waals surface area contributed by atoms with Gasteiger partial charge in [-0.05, 0) is 35.2 Å². The van der Waals surface area contributed by atoms with E-state index in [1.807, 2.05) is 24.3 Å². The van der Waals surface area contributed by atoms with Crippen molar-refractivity contribution in [3.63, 3.8) is 0 Å². The van der Waals surface area contributed by atoms with E-state index in [0.29, 0.717) is 6.54 Å². The maximum absolute atomic E-state index is 9.52. The standard InChI is InChI=1S/C17H14BrNO2/c18-14-6-7-15(13-4-2-1-3-12(13)14)19-10-11-5-8-16(20)17(21)9-11/h1-9,19-21H,10H2. The van der Waals surface area contributed by atoms with Crippen molar-refractivity contribution in [3.05, 3.63) is 64.6 Å². The van der Waals surface area contributed by atoms with Gasteiger partial charge in [0.1, 0.15) is 0 Å². The summed E-state index contributed by atoms with van der Waals surface area (Å²) in [6.45, 7) is 0.569. The first-order chi connectivity index (χ1) is 10.1. The molecule has 0 heterocycles. The largest absolute Gasteiger partial charge is 0.504 e. The molecule has 3 aromatic rings. The van der Waals surface area contributed by atoms with Gasteiger partial charge in [-0.2, -0.15) is 0 Å². The van der Waals surface area contributed by atoms with Gasteiger partial charge in [0.05, 0.1) is 0 Å². The average molecular weight is 344 g/mol. The lowest BCUT2D eigenvalue weighted by Crippen LogP contribution is -2.00. The Kier molecular flexibility index (Phi) is 3.71. The molecule has 3 nitrogen and oxygen atoms in total. The highest BCUT2D eigenvalue weighted by atomic mass is 79.9. The van der Waals surface area contributed by atoms with E-state index in [2.05, 4.69) is 33.4 Å². The fraction of sp³-hybridized carbons (Fsp3) is 0.0588. The van der Waals surface area contributed by atoms with Crippen molar-refractivity contribution in [3.8, 4) is 11.5 Å². The fourth-order valence-electron chi connectivity index (χ4n) is 2.29. The smallest absolute Gasteiger partial charge is 0.157 e. The van der Waals surface area contributed by atoms with Crippen LogP contribution in [-0.2, 0) is 6.54 Å². The third-order valence-corrected chi connectivity index (χ3v) is 4.09. The molecule has 0 fully saturated rings. The Hall–Kier alpha value is -2.20. The molecule has 0 radical (unpaired) electrons. The molecule has 4 heteroatoms. The van der Waals surface area contributed by atoms with E-state index in [0.717, 1.165) is 26.5 Å². The Labute approximate surface area is 131 Å². The lowest BCUT2D eigenvalue weighted by atomic mass is 10.1. The Morgan fingerprint density at radius 3 is 2.38 bits per heavy atom. The van der Waals surface area contributed by atoms with E-state index in [9.17, 15) is 10.2 Å². The zero-order valence-electron chi connectivity index (χ0n) is 11.2. The van der Waals surface area contributed by atoms with Crippen LogP contribution in [0.15, 0.2) is 59.1 Å². The quantitative estimate of drug-likeness (QED) is 0.608. The predicted molar refractivity (Wildman–Crippen MR) is 88.7 cm³/mol. The minimum Gasteiger partial charge on any atom is -0.504 e. The lowest BCUT2D eigenvalue weighted by Gasteiger charge is -2.11. The fourth-order valence-corrected chi connectivity index (χ4v) is 2.77. The third kappa shape index (κ3) is 2.81. The van der Waals surface area contributed by atoms with Crippen LogP contribution >= 0.6 is 15.9 Å². The van der Waals surface area contributed by atoms with Crippen molar-refractivity contribution in [1.29, 1.82) is 0 Å². The summed E-state index contributed by atoms with van der Waals surface area (Å²) < 4.78 is 1.06. The molecule has 106 valence electrons. The van der Waals surface area contributed by atoms with E-state index < -0.39 is 0 Å². The number of fused-ring (bicyclic) bond motifs is 1. The number of hydrogen-bond donors (Lipinski definition) is 3.